The van der Waals surface area contributed by atoms with E-state index in [0.717, 1.165) is 17.0 Å². The summed E-state index contributed by atoms with van der Waals surface area (Å²) in [7, 11) is 0. The molecule has 0 fully saturated rings. The first-order chi connectivity index (χ1) is 11.8. The summed E-state index contributed by atoms with van der Waals surface area (Å²) in [5.41, 5.74) is 2.52. The third-order valence-electron chi connectivity index (χ3n) is 3.85. The molecule has 1 N–H and O–H groups in total. The number of carbonyl (C=O) groups excluding carboxylic acids is 1. The maximum atomic E-state index is 13.8. The van der Waals surface area contributed by atoms with Crippen molar-refractivity contribution in [1.82, 2.24) is 9.78 Å². The predicted molar refractivity (Wildman–Crippen MR) is 93.6 cm³/mol. The lowest BCUT2D eigenvalue weighted by atomic mass is 10.2. The van der Waals surface area contributed by atoms with E-state index in [1.54, 1.807) is 28.9 Å². The van der Waals surface area contributed by atoms with Crippen LogP contribution in [-0.4, -0.2) is 15.7 Å². The van der Waals surface area contributed by atoms with E-state index in [9.17, 15) is 9.18 Å². The monoisotopic (exact) mass is 361 g/mol. The Hall–Kier alpha value is -2.60. The number of amides is 1. The van der Waals surface area contributed by atoms with E-state index in [1.807, 2.05) is 20.8 Å². The number of benzene rings is 1. The topological polar surface area (TPSA) is 60.1 Å². The van der Waals surface area contributed by atoms with Gasteiger partial charge in [-0.05, 0) is 50.6 Å². The molecule has 1 amide bonds. The van der Waals surface area contributed by atoms with Crippen LogP contribution in [0.1, 0.15) is 33.3 Å². The van der Waals surface area contributed by atoms with Gasteiger partial charge in [-0.2, -0.15) is 5.10 Å². The number of furan rings is 1. The Kier molecular flexibility index (Phi) is 4.63. The molecule has 0 aliphatic heterocycles. The van der Waals surface area contributed by atoms with Crippen LogP contribution in [0.2, 0.25) is 5.02 Å². The van der Waals surface area contributed by atoms with E-state index in [4.69, 9.17) is 16.0 Å². The zero-order valence-electron chi connectivity index (χ0n) is 14.1. The van der Waals surface area contributed by atoms with Gasteiger partial charge in [0, 0.05) is 0 Å². The predicted octanol–water partition coefficient (Wildman–Crippen LogP) is 4.49. The maximum Gasteiger partial charge on any atom is 0.291 e. The number of halogens is 2. The number of nitrogens with one attached hydrogen (secondary N) is 1. The minimum atomic E-state index is -0.512. The fraction of sp³-hybridized carbons (Fsp3) is 0.222. The molecule has 0 atom stereocenters. The molecule has 130 valence electrons. The first-order valence-corrected chi connectivity index (χ1v) is 8.08. The second kappa shape index (κ2) is 6.72. The number of nitrogens with zero attached hydrogens (tertiary/aromatic N) is 2. The summed E-state index contributed by atoms with van der Waals surface area (Å²) in [5, 5.41) is 7.45. The molecule has 5 nitrogen and oxygen atoms in total. The van der Waals surface area contributed by atoms with Crippen LogP contribution in [0.3, 0.4) is 0 Å². The number of carbonyl (C=O) groups is 1. The molecule has 0 bridgehead atoms. The zero-order valence-corrected chi connectivity index (χ0v) is 14.8. The van der Waals surface area contributed by atoms with Gasteiger partial charge >= 0.3 is 0 Å². The van der Waals surface area contributed by atoms with Crippen molar-refractivity contribution in [3.63, 3.8) is 0 Å². The average Bonchev–Trinajstić information content (AvgIpc) is 3.13. The standard InChI is InChI=1S/C18H17ClFN3O2/c1-10-4-6-14(20)15(8-10)21-18(24)16-7-5-13(25-16)9-23-12(3)17(19)11(2)22-23/h4-8H,9H2,1-3H3,(H,21,24). The third-order valence-corrected chi connectivity index (χ3v) is 4.40. The second-order valence-corrected chi connectivity index (χ2v) is 6.22. The Morgan fingerprint density at radius 3 is 2.72 bits per heavy atom. The van der Waals surface area contributed by atoms with Crippen LogP contribution < -0.4 is 5.32 Å². The smallest absolute Gasteiger partial charge is 0.291 e. The molecule has 2 aromatic heterocycles. The largest absolute Gasteiger partial charge is 0.454 e. The summed E-state index contributed by atoms with van der Waals surface area (Å²) in [6, 6.07) is 7.74. The molecule has 7 heteroatoms. The van der Waals surface area contributed by atoms with Crippen LogP contribution in [0, 0.1) is 26.6 Å². The number of hydrogen-bond donors (Lipinski definition) is 1. The minimum Gasteiger partial charge on any atom is -0.454 e. The van der Waals surface area contributed by atoms with Crippen molar-refractivity contribution in [2.45, 2.75) is 27.3 Å². The molecular formula is C18H17ClFN3O2. The molecular weight excluding hydrogens is 345 g/mol. The zero-order chi connectivity index (χ0) is 18.1. The quantitative estimate of drug-likeness (QED) is 0.744. The van der Waals surface area contributed by atoms with Crippen LogP contribution in [0.15, 0.2) is 34.7 Å². The van der Waals surface area contributed by atoms with E-state index < -0.39 is 11.7 Å². The van der Waals surface area contributed by atoms with Crippen LogP contribution in [0.4, 0.5) is 10.1 Å². The summed E-state index contributed by atoms with van der Waals surface area (Å²) >= 11 is 6.12. The Morgan fingerprint density at radius 2 is 2.04 bits per heavy atom. The fourth-order valence-electron chi connectivity index (χ4n) is 2.48. The van der Waals surface area contributed by atoms with Crippen LogP contribution in [0.5, 0.6) is 0 Å². The average molecular weight is 362 g/mol. The van der Waals surface area contributed by atoms with Gasteiger partial charge in [-0.3, -0.25) is 9.48 Å². The van der Waals surface area contributed by atoms with Crippen molar-refractivity contribution >= 4 is 23.2 Å². The summed E-state index contributed by atoms with van der Waals surface area (Å²) in [6.07, 6.45) is 0. The molecule has 25 heavy (non-hydrogen) atoms. The second-order valence-electron chi connectivity index (χ2n) is 5.85. The Labute approximate surface area is 149 Å². The van der Waals surface area contributed by atoms with E-state index in [2.05, 4.69) is 10.4 Å². The van der Waals surface area contributed by atoms with Gasteiger partial charge in [0.05, 0.1) is 28.6 Å². The van der Waals surface area contributed by atoms with Gasteiger partial charge in [-0.25, -0.2) is 4.39 Å². The van der Waals surface area contributed by atoms with E-state index in [0.29, 0.717) is 17.3 Å². The molecule has 2 heterocycles. The molecule has 0 aliphatic rings. The lowest BCUT2D eigenvalue weighted by Gasteiger charge is -2.06. The van der Waals surface area contributed by atoms with E-state index in [1.165, 1.54) is 6.07 Å². The molecule has 0 saturated heterocycles. The van der Waals surface area contributed by atoms with Crippen molar-refractivity contribution in [1.29, 1.82) is 0 Å². The Bertz CT molecular complexity index is 946. The van der Waals surface area contributed by atoms with Crippen LogP contribution in [0.25, 0.3) is 0 Å². The normalized spacial score (nSPS) is 10.9. The molecule has 3 aromatic rings. The number of rotatable bonds is 4. The molecule has 0 saturated carbocycles. The highest BCUT2D eigenvalue weighted by molar-refractivity contribution is 6.31. The van der Waals surface area contributed by atoms with Gasteiger partial charge in [0.1, 0.15) is 11.6 Å². The maximum absolute atomic E-state index is 13.8. The minimum absolute atomic E-state index is 0.100. The van der Waals surface area contributed by atoms with Gasteiger partial charge in [0.25, 0.3) is 5.91 Å². The molecule has 0 radical (unpaired) electrons. The first kappa shape index (κ1) is 17.2. The van der Waals surface area contributed by atoms with E-state index in [-0.39, 0.29) is 11.4 Å². The number of anilines is 1. The van der Waals surface area contributed by atoms with Gasteiger partial charge in [-0.1, -0.05) is 17.7 Å². The Balaban J connectivity index is 1.75. The van der Waals surface area contributed by atoms with Crippen molar-refractivity contribution in [3.8, 4) is 0 Å². The highest BCUT2D eigenvalue weighted by atomic mass is 35.5. The summed E-state index contributed by atoms with van der Waals surface area (Å²) in [6.45, 7) is 5.85. The lowest BCUT2D eigenvalue weighted by molar-refractivity contribution is 0.0994. The summed E-state index contributed by atoms with van der Waals surface area (Å²) < 4.78 is 21.0. The molecule has 0 spiro atoms. The lowest BCUT2D eigenvalue weighted by Crippen LogP contribution is -2.12. The van der Waals surface area contributed by atoms with Crippen LogP contribution in [-0.2, 0) is 6.54 Å². The summed E-state index contributed by atoms with van der Waals surface area (Å²) in [5.74, 6) is -0.356. The number of aromatic nitrogens is 2. The molecule has 0 aliphatic carbocycles. The highest BCUT2D eigenvalue weighted by Crippen LogP contribution is 2.21. The first-order valence-electron chi connectivity index (χ1n) is 7.71. The highest BCUT2D eigenvalue weighted by Gasteiger charge is 2.15. The van der Waals surface area contributed by atoms with Crippen molar-refractivity contribution in [3.05, 3.63) is 69.6 Å². The van der Waals surface area contributed by atoms with Crippen molar-refractivity contribution in [2.75, 3.05) is 5.32 Å². The fourth-order valence-corrected chi connectivity index (χ4v) is 2.62. The van der Waals surface area contributed by atoms with Gasteiger partial charge in [0.2, 0.25) is 0 Å². The van der Waals surface area contributed by atoms with Gasteiger partial charge < -0.3 is 9.73 Å². The van der Waals surface area contributed by atoms with Crippen LogP contribution >= 0.6 is 11.6 Å². The van der Waals surface area contributed by atoms with Crippen molar-refractivity contribution in [2.24, 2.45) is 0 Å². The van der Waals surface area contributed by atoms with Crippen molar-refractivity contribution < 1.29 is 13.6 Å². The van der Waals surface area contributed by atoms with Gasteiger partial charge in [0.15, 0.2) is 5.76 Å². The van der Waals surface area contributed by atoms with Gasteiger partial charge in [-0.15, -0.1) is 0 Å². The molecule has 3 rings (SSSR count). The summed E-state index contributed by atoms with van der Waals surface area (Å²) in [4.78, 5) is 12.3. The number of aryl methyl sites for hydroxylation is 2. The van der Waals surface area contributed by atoms with E-state index >= 15 is 0 Å². The SMILES string of the molecule is Cc1ccc(F)c(NC(=O)c2ccc(Cn3nc(C)c(Cl)c3C)o2)c1. The third kappa shape index (κ3) is 3.58. The number of hydrogen-bond acceptors (Lipinski definition) is 3. The Morgan fingerprint density at radius 1 is 1.28 bits per heavy atom. The molecule has 0 unspecified atom stereocenters. The molecule has 1 aromatic carbocycles.